The SMILES string of the molecule is Cc1cc(C(=O)N2CCOCC2C(=O)O)c(C)cc1Br. The Morgan fingerprint density at radius 3 is 2.70 bits per heavy atom. The van der Waals surface area contributed by atoms with E-state index in [1.807, 2.05) is 19.9 Å². The predicted octanol–water partition coefficient (Wildman–Crippen LogP) is 1.99. The van der Waals surface area contributed by atoms with Crippen LogP contribution in [-0.2, 0) is 9.53 Å². The summed E-state index contributed by atoms with van der Waals surface area (Å²) < 4.78 is 6.08. The molecule has 1 heterocycles. The Hall–Kier alpha value is -1.40. The second kappa shape index (κ2) is 5.93. The van der Waals surface area contributed by atoms with E-state index >= 15 is 0 Å². The molecule has 1 unspecified atom stereocenters. The molecule has 1 atom stereocenters. The van der Waals surface area contributed by atoms with Gasteiger partial charge in [0.25, 0.3) is 5.91 Å². The van der Waals surface area contributed by atoms with Gasteiger partial charge in [-0.2, -0.15) is 0 Å². The van der Waals surface area contributed by atoms with Gasteiger partial charge < -0.3 is 14.7 Å². The molecule has 1 saturated heterocycles. The quantitative estimate of drug-likeness (QED) is 0.893. The summed E-state index contributed by atoms with van der Waals surface area (Å²) >= 11 is 3.42. The van der Waals surface area contributed by atoms with Gasteiger partial charge >= 0.3 is 5.97 Å². The first-order valence-corrected chi connectivity index (χ1v) is 7.09. The smallest absolute Gasteiger partial charge is 0.328 e. The Kier molecular flexibility index (Phi) is 4.45. The number of aliphatic carboxylic acids is 1. The van der Waals surface area contributed by atoms with Crippen molar-refractivity contribution in [2.75, 3.05) is 19.8 Å². The van der Waals surface area contributed by atoms with Gasteiger partial charge in [-0.25, -0.2) is 4.79 Å². The number of halogens is 1. The lowest BCUT2D eigenvalue weighted by atomic mass is 10.0. The van der Waals surface area contributed by atoms with Crippen molar-refractivity contribution >= 4 is 27.8 Å². The fourth-order valence-corrected chi connectivity index (χ4v) is 2.68. The maximum atomic E-state index is 12.6. The van der Waals surface area contributed by atoms with E-state index in [4.69, 9.17) is 4.74 Å². The fourth-order valence-electron chi connectivity index (χ4n) is 2.22. The topological polar surface area (TPSA) is 66.8 Å². The van der Waals surface area contributed by atoms with Gasteiger partial charge in [0.1, 0.15) is 0 Å². The van der Waals surface area contributed by atoms with E-state index in [9.17, 15) is 14.7 Å². The normalized spacial score (nSPS) is 18.9. The lowest BCUT2D eigenvalue weighted by Crippen LogP contribution is -2.52. The van der Waals surface area contributed by atoms with Crippen LogP contribution in [0.15, 0.2) is 16.6 Å². The number of morpholine rings is 1. The number of nitrogens with zero attached hydrogens (tertiary/aromatic N) is 1. The van der Waals surface area contributed by atoms with E-state index in [1.54, 1.807) is 6.07 Å². The molecule has 0 saturated carbocycles. The number of amides is 1. The molecule has 1 fully saturated rings. The van der Waals surface area contributed by atoms with Crippen LogP contribution in [0.2, 0.25) is 0 Å². The molecular formula is C14H16BrNO4. The standard InChI is InChI=1S/C14H16BrNO4/c1-8-6-11(15)9(2)5-10(8)13(17)16-3-4-20-7-12(16)14(18)19/h5-6,12H,3-4,7H2,1-2H3,(H,18,19). The Morgan fingerprint density at radius 1 is 1.35 bits per heavy atom. The molecule has 5 nitrogen and oxygen atoms in total. The van der Waals surface area contributed by atoms with Gasteiger partial charge in [0.05, 0.1) is 13.2 Å². The number of ether oxygens (including phenoxy) is 1. The highest BCUT2D eigenvalue weighted by Gasteiger charge is 2.33. The third-order valence-electron chi connectivity index (χ3n) is 3.41. The minimum absolute atomic E-state index is 0.0373. The zero-order chi connectivity index (χ0) is 14.9. The lowest BCUT2D eigenvalue weighted by Gasteiger charge is -2.33. The Morgan fingerprint density at radius 2 is 2.05 bits per heavy atom. The summed E-state index contributed by atoms with van der Waals surface area (Å²) in [7, 11) is 0. The first-order chi connectivity index (χ1) is 9.41. The summed E-state index contributed by atoms with van der Waals surface area (Å²) in [6, 6.07) is 2.74. The fraction of sp³-hybridized carbons (Fsp3) is 0.429. The van der Waals surface area contributed by atoms with E-state index in [1.165, 1.54) is 4.90 Å². The first-order valence-electron chi connectivity index (χ1n) is 6.30. The van der Waals surface area contributed by atoms with Gasteiger partial charge in [-0.15, -0.1) is 0 Å². The molecule has 6 heteroatoms. The number of hydrogen-bond donors (Lipinski definition) is 1. The van der Waals surface area contributed by atoms with Crippen LogP contribution in [0.3, 0.4) is 0 Å². The van der Waals surface area contributed by atoms with Crippen molar-refractivity contribution in [1.29, 1.82) is 0 Å². The third-order valence-corrected chi connectivity index (χ3v) is 4.26. The molecule has 1 N–H and O–H groups in total. The van der Waals surface area contributed by atoms with Crippen molar-refractivity contribution in [3.63, 3.8) is 0 Å². The van der Waals surface area contributed by atoms with Gasteiger partial charge in [-0.1, -0.05) is 15.9 Å². The van der Waals surface area contributed by atoms with Crippen molar-refractivity contribution in [1.82, 2.24) is 4.90 Å². The molecule has 1 amide bonds. The summed E-state index contributed by atoms with van der Waals surface area (Å²) in [4.78, 5) is 25.2. The van der Waals surface area contributed by atoms with E-state index in [-0.39, 0.29) is 12.5 Å². The number of carbonyl (C=O) groups excluding carboxylic acids is 1. The number of carboxylic acids is 1. The molecule has 20 heavy (non-hydrogen) atoms. The van der Waals surface area contributed by atoms with Crippen molar-refractivity contribution in [2.45, 2.75) is 19.9 Å². The van der Waals surface area contributed by atoms with E-state index in [0.717, 1.165) is 15.6 Å². The molecule has 0 aromatic heterocycles. The van der Waals surface area contributed by atoms with Crippen LogP contribution < -0.4 is 0 Å². The molecule has 1 aromatic carbocycles. The summed E-state index contributed by atoms with van der Waals surface area (Å²) in [5.74, 6) is -1.29. The number of aryl methyl sites for hydroxylation is 2. The third kappa shape index (κ3) is 2.86. The summed E-state index contributed by atoms with van der Waals surface area (Å²) in [5.41, 5.74) is 2.31. The number of hydrogen-bond acceptors (Lipinski definition) is 3. The zero-order valence-electron chi connectivity index (χ0n) is 11.4. The van der Waals surface area contributed by atoms with Crippen LogP contribution in [0.1, 0.15) is 21.5 Å². The highest BCUT2D eigenvalue weighted by atomic mass is 79.9. The average Bonchev–Trinajstić information content (AvgIpc) is 2.42. The molecule has 0 spiro atoms. The number of carboxylic acid groups (broad SMARTS) is 1. The van der Waals surface area contributed by atoms with E-state index < -0.39 is 12.0 Å². The van der Waals surface area contributed by atoms with Crippen molar-refractivity contribution in [2.24, 2.45) is 0 Å². The monoisotopic (exact) mass is 341 g/mol. The van der Waals surface area contributed by atoms with Gasteiger partial charge in [0.2, 0.25) is 0 Å². The highest BCUT2D eigenvalue weighted by Crippen LogP contribution is 2.23. The van der Waals surface area contributed by atoms with Gasteiger partial charge in [-0.3, -0.25) is 4.79 Å². The molecular weight excluding hydrogens is 326 g/mol. The van der Waals surface area contributed by atoms with Crippen LogP contribution in [0.25, 0.3) is 0 Å². The van der Waals surface area contributed by atoms with E-state index in [0.29, 0.717) is 18.7 Å². The summed E-state index contributed by atoms with van der Waals surface area (Å²) in [6.45, 7) is 4.44. The minimum Gasteiger partial charge on any atom is -0.480 e. The molecule has 0 radical (unpaired) electrons. The first kappa shape index (κ1) is 15.0. The molecule has 2 rings (SSSR count). The maximum absolute atomic E-state index is 12.6. The van der Waals surface area contributed by atoms with Crippen molar-refractivity contribution in [3.05, 3.63) is 33.3 Å². The molecule has 1 aliphatic heterocycles. The molecule has 0 bridgehead atoms. The van der Waals surface area contributed by atoms with Gasteiger partial charge in [0.15, 0.2) is 6.04 Å². The van der Waals surface area contributed by atoms with Crippen molar-refractivity contribution < 1.29 is 19.4 Å². The van der Waals surface area contributed by atoms with Crippen LogP contribution in [0.5, 0.6) is 0 Å². The summed E-state index contributed by atoms with van der Waals surface area (Å²) in [6.07, 6.45) is 0. The molecule has 0 aliphatic carbocycles. The van der Waals surface area contributed by atoms with Crippen LogP contribution in [0.4, 0.5) is 0 Å². The van der Waals surface area contributed by atoms with Gasteiger partial charge in [-0.05, 0) is 37.1 Å². The largest absolute Gasteiger partial charge is 0.480 e. The van der Waals surface area contributed by atoms with Crippen LogP contribution in [-0.4, -0.2) is 47.7 Å². The number of rotatable bonds is 2. The number of benzene rings is 1. The Labute approximate surface area is 125 Å². The predicted molar refractivity (Wildman–Crippen MR) is 76.9 cm³/mol. The maximum Gasteiger partial charge on any atom is 0.328 e. The van der Waals surface area contributed by atoms with Crippen LogP contribution in [0, 0.1) is 13.8 Å². The zero-order valence-corrected chi connectivity index (χ0v) is 12.9. The van der Waals surface area contributed by atoms with Crippen molar-refractivity contribution in [3.8, 4) is 0 Å². The molecule has 108 valence electrons. The number of carbonyl (C=O) groups is 2. The Bertz CT molecular complexity index is 558. The lowest BCUT2D eigenvalue weighted by molar-refractivity contribution is -0.147. The second-order valence-corrected chi connectivity index (χ2v) is 5.70. The summed E-state index contributed by atoms with van der Waals surface area (Å²) in [5, 5.41) is 9.19. The van der Waals surface area contributed by atoms with Gasteiger partial charge in [0, 0.05) is 16.6 Å². The Balaban J connectivity index is 2.34. The molecule has 1 aromatic rings. The second-order valence-electron chi connectivity index (χ2n) is 4.84. The van der Waals surface area contributed by atoms with Crippen LogP contribution >= 0.6 is 15.9 Å². The highest BCUT2D eigenvalue weighted by molar-refractivity contribution is 9.10. The minimum atomic E-state index is -1.04. The average molecular weight is 342 g/mol. The molecule has 1 aliphatic rings. The van der Waals surface area contributed by atoms with E-state index in [2.05, 4.69) is 15.9 Å².